The first kappa shape index (κ1) is 16.6. The van der Waals surface area contributed by atoms with Crippen molar-refractivity contribution < 1.29 is 9.18 Å². The fraction of sp³-hybridized carbons (Fsp3) is 0.444. The summed E-state index contributed by atoms with van der Waals surface area (Å²) in [5.74, 6) is 0.346. The Bertz CT molecular complexity index is 738. The van der Waals surface area contributed by atoms with Crippen LogP contribution in [0.1, 0.15) is 37.1 Å². The average molecular weight is 330 g/mol. The number of rotatable bonds is 6. The molecule has 0 aliphatic heterocycles. The van der Waals surface area contributed by atoms with Gasteiger partial charge in [-0.2, -0.15) is 5.10 Å². The van der Waals surface area contributed by atoms with Crippen molar-refractivity contribution in [2.75, 3.05) is 11.9 Å². The van der Waals surface area contributed by atoms with Crippen molar-refractivity contribution in [3.05, 3.63) is 47.4 Å². The molecule has 1 N–H and O–H groups in total. The molecule has 1 heterocycles. The van der Waals surface area contributed by atoms with E-state index in [9.17, 15) is 9.18 Å². The number of anilines is 1. The molecule has 1 aromatic carbocycles. The van der Waals surface area contributed by atoms with Gasteiger partial charge in [0.05, 0.1) is 12.2 Å². The highest BCUT2D eigenvalue weighted by Crippen LogP contribution is 2.34. The number of halogens is 1. The lowest BCUT2D eigenvalue weighted by Crippen LogP contribution is -2.37. The fourth-order valence-electron chi connectivity index (χ4n) is 3.06. The number of aromatic nitrogens is 2. The van der Waals surface area contributed by atoms with E-state index in [1.807, 2.05) is 26.0 Å². The highest BCUT2D eigenvalue weighted by atomic mass is 19.1. The first-order chi connectivity index (χ1) is 11.5. The number of nitrogens with zero attached hydrogens (tertiary/aromatic N) is 3. The molecule has 6 heteroatoms. The lowest BCUT2D eigenvalue weighted by molar-refractivity contribution is -0.118. The largest absolute Gasteiger partial charge is 0.310 e. The quantitative estimate of drug-likeness (QED) is 0.886. The van der Waals surface area contributed by atoms with E-state index in [1.54, 1.807) is 23.9 Å². The molecule has 1 amide bonds. The number of carbonyl (C=O) groups is 1. The summed E-state index contributed by atoms with van der Waals surface area (Å²) >= 11 is 0. The predicted octanol–water partition coefficient (Wildman–Crippen LogP) is 3.03. The summed E-state index contributed by atoms with van der Waals surface area (Å²) in [5, 5.41) is 7.11. The Kier molecular flexibility index (Phi) is 4.66. The molecule has 24 heavy (non-hydrogen) atoms. The molecule has 3 rings (SSSR count). The van der Waals surface area contributed by atoms with Crippen molar-refractivity contribution in [2.24, 2.45) is 7.05 Å². The van der Waals surface area contributed by atoms with Crippen molar-refractivity contribution >= 4 is 11.7 Å². The summed E-state index contributed by atoms with van der Waals surface area (Å²) in [6, 6.07) is 8.81. The van der Waals surface area contributed by atoms with E-state index in [0.29, 0.717) is 17.4 Å². The topological polar surface area (TPSA) is 50.2 Å². The summed E-state index contributed by atoms with van der Waals surface area (Å²) in [7, 11) is 1.79. The van der Waals surface area contributed by atoms with Crippen LogP contribution in [0.15, 0.2) is 30.3 Å². The predicted molar refractivity (Wildman–Crippen MR) is 91.1 cm³/mol. The number of nitrogens with one attached hydrogen (secondary N) is 1. The molecule has 1 fully saturated rings. The van der Waals surface area contributed by atoms with E-state index in [2.05, 4.69) is 15.3 Å². The highest BCUT2D eigenvalue weighted by Gasteiger charge is 2.34. The van der Waals surface area contributed by atoms with Crippen molar-refractivity contribution in [1.29, 1.82) is 0 Å². The average Bonchev–Trinajstić information content (AvgIpc) is 3.31. The van der Waals surface area contributed by atoms with Gasteiger partial charge in [0.2, 0.25) is 5.91 Å². The Hall–Kier alpha value is -2.21. The van der Waals surface area contributed by atoms with Crippen molar-refractivity contribution in [1.82, 2.24) is 14.7 Å². The SMILES string of the molecule is Cc1cc(NC(=O)CN(C2CC2)C(C)c2ccccc2F)n(C)n1. The van der Waals surface area contributed by atoms with Crippen LogP contribution in [0.4, 0.5) is 10.2 Å². The maximum atomic E-state index is 14.1. The Morgan fingerprint density at radius 3 is 2.75 bits per heavy atom. The monoisotopic (exact) mass is 330 g/mol. The van der Waals surface area contributed by atoms with Gasteiger partial charge in [0, 0.05) is 30.8 Å². The van der Waals surface area contributed by atoms with E-state index in [1.165, 1.54) is 6.07 Å². The van der Waals surface area contributed by atoms with Gasteiger partial charge in [-0.3, -0.25) is 14.4 Å². The fourth-order valence-corrected chi connectivity index (χ4v) is 3.06. The van der Waals surface area contributed by atoms with Crippen LogP contribution >= 0.6 is 0 Å². The summed E-state index contributed by atoms with van der Waals surface area (Å²) in [4.78, 5) is 14.5. The van der Waals surface area contributed by atoms with Gasteiger partial charge in [-0.15, -0.1) is 0 Å². The maximum Gasteiger partial charge on any atom is 0.239 e. The second-order valence-electron chi connectivity index (χ2n) is 6.44. The molecule has 1 saturated carbocycles. The van der Waals surface area contributed by atoms with Crippen LogP contribution < -0.4 is 5.32 Å². The van der Waals surface area contributed by atoms with Gasteiger partial charge in [0.15, 0.2) is 0 Å². The Labute approximate surface area is 141 Å². The third-order valence-corrected chi connectivity index (χ3v) is 4.46. The van der Waals surface area contributed by atoms with Gasteiger partial charge in [0.25, 0.3) is 0 Å². The summed E-state index contributed by atoms with van der Waals surface area (Å²) in [6.45, 7) is 4.08. The van der Waals surface area contributed by atoms with Crippen LogP contribution in [-0.2, 0) is 11.8 Å². The molecule has 0 saturated heterocycles. The van der Waals surface area contributed by atoms with Gasteiger partial charge >= 0.3 is 0 Å². The van der Waals surface area contributed by atoms with E-state index in [0.717, 1.165) is 18.5 Å². The third kappa shape index (κ3) is 3.64. The normalized spacial score (nSPS) is 15.5. The number of hydrogen-bond acceptors (Lipinski definition) is 3. The van der Waals surface area contributed by atoms with Crippen LogP contribution in [0.25, 0.3) is 0 Å². The van der Waals surface area contributed by atoms with Crippen LogP contribution in [0.2, 0.25) is 0 Å². The Morgan fingerprint density at radius 2 is 2.17 bits per heavy atom. The van der Waals surface area contributed by atoms with Crippen LogP contribution in [-0.4, -0.2) is 33.2 Å². The minimum Gasteiger partial charge on any atom is -0.310 e. The molecule has 128 valence electrons. The summed E-state index contributed by atoms with van der Waals surface area (Å²) in [5.41, 5.74) is 1.49. The highest BCUT2D eigenvalue weighted by molar-refractivity contribution is 5.91. The van der Waals surface area contributed by atoms with Gasteiger partial charge in [-0.25, -0.2) is 4.39 Å². The van der Waals surface area contributed by atoms with E-state index in [4.69, 9.17) is 0 Å². The molecular weight excluding hydrogens is 307 g/mol. The number of benzene rings is 1. The van der Waals surface area contributed by atoms with Gasteiger partial charge < -0.3 is 5.32 Å². The molecular formula is C18H23FN4O. The molecule has 5 nitrogen and oxygen atoms in total. The number of carbonyl (C=O) groups excluding carboxylic acids is 1. The lowest BCUT2D eigenvalue weighted by atomic mass is 10.1. The molecule has 0 radical (unpaired) electrons. The molecule has 1 aliphatic carbocycles. The smallest absolute Gasteiger partial charge is 0.239 e. The zero-order chi connectivity index (χ0) is 17.3. The Balaban J connectivity index is 1.71. The van der Waals surface area contributed by atoms with Crippen LogP contribution in [0, 0.1) is 12.7 Å². The van der Waals surface area contributed by atoms with Gasteiger partial charge in [-0.1, -0.05) is 18.2 Å². The Morgan fingerprint density at radius 1 is 1.46 bits per heavy atom. The number of hydrogen-bond donors (Lipinski definition) is 1. The zero-order valence-corrected chi connectivity index (χ0v) is 14.3. The van der Waals surface area contributed by atoms with E-state index in [-0.39, 0.29) is 24.3 Å². The van der Waals surface area contributed by atoms with Crippen molar-refractivity contribution in [3.8, 4) is 0 Å². The standard InChI is InChI=1S/C18H23FN4O/c1-12-10-17(22(3)21-12)20-18(24)11-23(14-8-9-14)13(2)15-6-4-5-7-16(15)19/h4-7,10,13-14H,8-9,11H2,1-3H3,(H,20,24). The summed E-state index contributed by atoms with van der Waals surface area (Å²) < 4.78 is 15.7. The molecule has 1 atom stereocenters. The molecule has 2 aromatic rings. The summed E-state index contributed by atoms with van der Waals surface area (Å²) in [6.07, 6.45) is 2.10. The van der Waals surface area contributed by atoms with Crippen LogP contribution in [0.3, 0.4) is 0 Å². The van der Waals surface area contributed by atoms with Gasteiger partial charge in [-0.05, 0) is 32.8 Å². The zero-order valence-electron chi connectivity index (χ0n) is 14.3. The van der Waals surface area contributed by atoms with E-state index < -0.39 is 0 Å². The number of amides is 1. The molecule has 1 aliphatic rings. The first-order valence-electron chi connectivity index (χ1n) is 8.26. The first-order valence-corrected chi connectivity index (χ1v) is 8.26. The number of aryl methyl sites for hydroxylation is 2. The minimum atomic E-state index is -0.224. The minimum absolute atomic E-state index is 0.104. The second-order valence-corrected chi connectivity index (χ2v) is 6.44. The molecule has 0 spiro atoms. The lowest BCUT2D eigenvalue weighted by Gasteiger charge is -2.29. The van der Waals surface area contributed by atoms with Crippen molar-refractivity contribution in [2.45, 2.75) is 38.8 Å². The molecule has 1 aromatic heterocycles. The van der Waals surface area contributed by atoms with Crippen molar-refractivity contribution in [3.63, 3.8) is 0 Å². The van der Waals surface area contributed by atoms with E-state index >= 15 is 0 Å². The third-order valence-electron chi connectivity index (χ3n) is 4.46. The second kappa shape index (κ2) is 6.73. The molecule has 0 bridgehead atoms. The molecule has 1 unspecified atom stereocenters. The maximum absolute atomic E-state index is 14.1. The van der Waals surface area contributed by atoms with Gasteiger partial charge in [0.1, 0.15) is 11.6 Å². The van der Waals surface area contributed by atoms with Crippen LogP contribution in [0.5, 0.6) is 0 Å².